The normalized spacial score (nSPS) is 29.4. The molecule has 4 heteroatoms. The summed E-state index contributed by atoms with van der Waals surface area (Å²) in [6.45, 7) is 3.91. The zero-order valence-electron chi connectivity index (χ0n) is 8.73. The van der Waals surface area contributed by atoms with Crippen molar-refractivity contribution in [3.63, 3.8) is 0 Å². The Bertz CT molecular complexity index is 300. The fourth-order valence-corrected chi connectivity index (χ4v) is 2.10. The molecular formula is C10H17N3O. The molecule has 2 unspecified atom stereocenters. The monoisotopic (exact) mass is 195 g/mol. The quantitative estimate of drug-likeness (QED) is 0.717. The van der Waals surface area contributed by atoms with Crippen LogP contribution in [0.5, 0.6) is 0 Å². The maximum atomic E-state index is 5.95. The highest BCUT2D eigenvalue weighted by atomic mass is 16.3. The lowest BCUT2D eigenvalue weighted by Gasteiger charge is -2.32. The van der Waals surface area contributed by atoms with Crippen molar-refractivity contribution in [3.8, 4) is 0 Å². The van der Waals surface area contributed by atoms with E-state index in [4.69, 9.17) is 10.2 Å². The van der Waals surface area contributed by atoms with Gasteiger partial charge in [0.05, 0.1) is 5.69 Å². The van der Waals surface area contributed by atoms with E-state index in [0.29, 0.717) is 5.92 Å². The van der Waals surface area contributed by atoms with Gasteiger partial charge in [-0.1, -0.05) is 0 Å². The Hall–Kier alpha value is -0.870. The highest BCUT2D eigenvalue weighted by molar-refractivity contribution is 5.02. The first kappa shape index (κ1) is 9.68. The van der Waals surface area contributed by atoms with Gasteiger partial charge in [-0.05, 0) is 20.4 Å². The van der Waals surface area contributed by atoms with E-state index in [2.05, 4.69) is 16.9 Å². The highest BCUT2D eigenvalue weighted by Crippen LogP contribution is 2.24. The van der Waals surface area contributed by atoms with Gasteiger partial charge in [-0.2, -0.15) is 0 Å². The van der Waals surface area contributed by atoms with Crippen molar-refractivity contribution in [3.05, 3.63) is 17.8 Å². The van der Waals surface area contributed by atoms with Gasteiger partial charge < -0.3 is 15.1 Å². The molecule has 2 atom stereocenters. The molecule has 1 aliphatic rings. The summed E-state index contributed by atoms with van der Waals surface area (Å²) in [6.07, 6.45) is 2.68. The molecule has 1 aromatic rings. The van der Waals surface area contributed by atoms with Gasteiger partial charge in [0.25, 0.3) is 0 Å². The Kier molecular flexibility index (Phi) is 2.56. The van der Waals surface area contributed by atoms with E-state index in [1.165, 1.54) is 0 Å². The molecule has 0 aliphatic carbocycles. The SMILES string of the molecule is Cc1coc(C2CC(N)CN(C)C2)n1. The van der Waals surface area contributed by atoms with Crippen molar-refractivity contribution in [1.82, 2.24) is 9.88 Å². The highest BCUT2D eigenvalue weighted by Gasteiger charge is 2.27. The van der Waals surface area contributed by atoms with Crippen molar-refractivity contribution < 1.29 is 4.42 Å². The number of likely N-dealkylation sites (N-methyl/N-ethyl adjacent to an activating group) is 1. The van der Waals surface area contributed by atoms with Gasteiger partial charge in [0.15, 0.2) is 5.89 Å². The zero-order valence-corrected chi connectivity index (χ0v) is 8.73. The van der Waals surface area contributed by atoms with Gasteiger partial charge in [-0.25, -0.2) is 4.98 Å². The van der Waals surface area contributed by atoms with Crippen LogP contribution in [0.25, 0.3) is 0 Å². The lowest BCUT2D eigenvalue weighted by molar-refractivity contribution is 0.209. The van der Waals surface area contributed by atoms with E-state index in [1.54, 1.807) is 6.26 Å². The summed E-state index contributed by atoms with van der Waals surface area (Å²) in [7, 11) is 2.09. The Morgan fingerprint density at radius 1 is 1.57 bits per heavy atom. The number of rotatable bonds is 1. The fraction of sp³-hybridized carbons (Fsp3) is 0.700. The Morgan fingerprint density at radius 3 is 2.93 bits per heavy atom. The largest absolute Gasteiger partial charge is 0.448 e. The molecule has 78 valence electrons. The van der Waals surface area contributed by atoms with Gasteiger partial charge in [-0.15, -0.1) is 0 Å². The minimum absolute atomic E-state index is 0.242. The molecule has 4 nitrogen and oxygen atoms in total. The second-order valence-corrected chi connectivity index (χ2v) is 4.24. The van der Waals surface area contributed by atoms with Gasteiger partial charge in [0.2, 0.25) is 0 Å². The van der Waals surface area contributed by atoms with Crippen molar-refractivity contribution in [2.24, 2.45) is 5.73 Å². The molecular weight excluding hydrogens is 178 g/mol. The number of likely N-dealkylation sites (tertiary alicyclic amines) is 1. The average Bonchev–Trinajstić information content (AvgIpc) is 2.50. The molecule has 0 saturated carbocycles. The third-order valence-electron chi connectivity index (χ3n) is 2.65. The Balaban J connectivity index is 2.10. The smallest absolute Gasteiger partial charge is 0.198 e. The summed E-state index contributed by atoms with van der Waals surface area (Å²) < 4.78 is 5.41. The summed E-state index contributed by atoms with van der Waals surface area (Å²) in [4.78, 5) is 6.59. The minimum atomic E-state index is 0.242. The van der Waals surface area contributed by atoms with E-state index in [-0.39, 0.29) is 6.04 Å². The number of nitrogens with two attached hydrogens (primary N) is 1. The van der Waals surface area contributed by atoms with Crippen LogP contribution in [0.3, 0.4) is 0 Å². The third kappa shape index (κ3) is 1.96. The van der Waals surface area contributed by atoms with Crippen LogP contribution in [-0.4, -0.2) is 36.1 Å². The van der Waals surface area contributed by atoms with Crippen LogP contribution in [0.15, 0.2) is 10.7 Å². The number of nitrogens with zero attached hydrogens (tertiary/aromatic N) is 2. The molecule has 2 rings (SSSR count). The minimum Gasteiger partial charge on any atom is -0.448 e. The first-order valence-corrected chi connectivity index (χ1v) is 5.01. The number of aromatic nitrogens is 1. The van der Waals surface area contributed by atoms with E-state index in [0.717, 1.165) is 31.1 Å². The Morgan fingerprint density at radius 2 is 2.36 bits per heavy atom. The number of piperidine rings is 1. The topological polar surface area (TPSA) is 55.3 Å². The maximum Gasteiger partial charge on any atom is 0.198 e. The van der Waals surface area contributed by atoms with Crippen molar-refractivity contribution in [2.45, 2.75) is 25.3 Å². The van der Waals surface area contributed by atoms with Crippen LogP contribution < -0.4 is 5.73 Å². The maximum absolute atomic E-state index is 5.95. The summed E-state index contributed by atoms with van der Waals surface area (Å²) in [5.41, 5.74) is 6.89. The molecule has 2 N–H and O–H groups in total. The molecule has 2 heterocycles. The predicted molar refractivity (Wildman–Crippen MR) is 54.1 cm³/mol. The van der Waals surface area contributed by atoms with Gasteiger partial charge in [0, 0.05) is 25.0 Å². The molecule has 0 bridgehead atoms. The van der Waals surface area contributed by atoms with Crippen LogP contribution in [0, 0.1) is 6.92 Å². The lowest BCUT2D eigenvalue weighted by atomic mass is 9.95. The van der Waals surface area contributed by atoms with Crippen LogP contribution in [0.4, 0.5) is 0 Å². The second-order valence-electron chi connectivity index (χ2n) is 4.24. The molecule has 1 aromatic heterocycles. The van der Waals surface area contributed by atoms with E-state index < -0.39 is 0 Å². The van der Waals surface area contributed by atoms with Gasteiger partial charge >= 0.3 is 0 Å². The number of hydrogen-bond donors (Lipinski definition) is 1. The molecule has 0 aromatic carbocycles. The fourth-order valence-electron chi connectivity index (χ4n) is 2.10. The van der Waals surface area contributed by atoms with E-state index >= 15 is 0 Å². The average molecular weight is 195 g/mol. The molecule has 1 saturated heterocycles. The van der Waals surface area contributed by atoms with Crippen molar-refractivity contribution >= 4 is 0 Å². The first-order chi connectivity index (χ1) is 6.65. The van der Waals surface area contributed by atoms with Gasteiger partial charge in [-0.3, -0.25) is 0 Å². The predicted octanol–water partition coefficient (Wildman–Crippen LogP) is 0.729. The summed E-state index contributed by atoms with van der Waals surface area (Å²) in [5.74, 6) is 1.20. The second kappa shape index (κ2) is 3.71. The van der Waals surface area contributed by atoms with Crippen LogP contribution in [0.1, 0.15) is 23.9 Å². The van der Waals surface area contributed by atoms with Crippen molar-refractivity contribution in [1.29, 1.82) is 0 Å². The third-order valence-corrected chi connectivity index (χ3v) is 2.65. The van der Waals surface area contributed by atoms with Crippen molar-refractivity contribution in [2.75, 3.05) is 20.1 Å². The molecule has 1 fully saturated rings. The zero-order chi connectivity index (χ0) is 10.1. The molecule has 1 aliphatic heterocycles. The number of aryl methyl sites for hydroxylation is 1. The number of hydrogen-bond acceptors (Lipinski definition) is 4. The molecule has 0 radical (unpaired) electrons. The summed E-state index contributed by atoms with van der Waals surface area (Å²) in [5, 5.41) is 0. The Labute approximate surface area is 84.1 Å². The van der Waals surface area contributed by atoms with Gasteiger partial charge in [0.1, 0.15) is 6.26 Å². The number of oxazole rings is 1. The summed E-state index contributed by atoms with van der Waals surface area (Å²) in [6, 6.07) is 0.242. The lowest BCUT2D eigenvalue weighted by Crippen LogP contribution is -2.44. The van der Waals surface area contributed by atoms with Crippen LogP contribution in [-0.2, 0) is 0 Å². The summed E-state index contributed by atoms with van der Waals surface area (Å²) >= 11 is 0. The van der Waals surface area contributed by atoms with E-state index in [1.807, 2.05) is 6.92 Å². The van der Waals surface area contributed by atoms with Crippen LogP contribution >= 0.6 is 0 Å². The van der Waals surface area contributed by atoms with E-state index in [9.17, 15) is 0 Å². The molecule has 0 amide bonds. The molecule has 14 heavy (non-hydrogen) atoms. The first-order valence-electron chi connectivity index (χ1n) is 5.01. The standard InChI is InChI=1S/C10H17N3O/c1-7-6-14-10(12-7)8-3-9(11)5-13(2)4-8/h6,8-9H,3-5,11H2,1-2H3. The van der Waals surface area contributed by atoms with Crippen LogP contribution in [0.2, 0.25) is 0 Å². The molecule has 0 spiro atoms.